The Kier molecular flexibility index (Phi) is 11.2. The Labute approximate surface area is 280 Å². The second kappa shape index (κ2) is 15.7. The van der Waals surface area contributed by atoms with Crippen LogP contribution in [0.4, 0.5) is 0 Å². The number of rotatable bonds is 16. The van der Waals surface area contributed by atoms with Crippen LogP contribution in [0.5, 0.6) is 0 Å². The lowest BCUT2D eigenvalue weighted by Crippen LogP contribution is -2.21. The van der Waals surface area contributed by atoms with Crippen molar-refractivity contribution >= 4 is 21.8 Å². The first-order valence-corrected chi connectivity index (χ1v) is 17.7. The number of benzene rings is 4. The summed E-state index contributed by atoms with van der Waals surface area (Å²) in [7, 11) is -4.45. The van der Waals surface area contributed by atoms with E-state index in [9.17, 15) is 28.2 Å². The van der Waals surface area contributed by atoms with Crippen LogP contribution in [-0.2, 0) is 16.3 Å². The van der Waals surface area contributed by atoms with Gasteiger partial charge in [-0.15, -0.1) is 5.10 Å². The van der Waals surface area contributed by atoms with Gasteiger partial charge in [-0.25, -0.2) is 27.7 Å². The molecule has 0 aliphatic carbocycles. The number of carboxylic acids is 2. The fraction of sp³-hybridized carbons (Fsp3) is 0.263. The highest BCUT2D eigenvalue weighted by Crippen LogP contribution is 2.37. The third-order valence-corrected chi connectivity index (χ3v) is 10.3. The number of sulfone groups is 1. The molecule has 2 N–H and O–H groups in total. The van der Waals surface area contributed by atoms with Crippen LogP contribution in [0.1, 0.15) is 106 Å². The molecule has 9 nitrogen and oxygen atoms in total. The molecule has 4 aromatic carbocycles. The molecule has 5 aromatic rings. The van der Waals surface area contributed by atoms with Crippen LogP contribution in [0.25, 0.3) is 0 Å². The van der Waals surface area contributed by atoms with Gasteiger partial charge in [0.05, 0.1) is 11.1 Å². The molecule has 1 heterocycles. The maximum Gasteiger partial charge on any atom is 0.336 e. The molecule has 48 heavy (non-hydrogen) atoms. The number of aromatic nitrogens is 3. The number of carboxylic acid groups (broad SMARTS) is 2. The smallest absolute Gasteiger partial charge is 0.336 e. The van der Waals surface area contributed by atoms with Gasteiger partial charge in [-0.05, 0) is 40.8 Å². The van der Waals surface area contributed by atoms with E-state index < -0.39 is 38.2 Å². The molecule has 0 amide bonds. The molecule has 0 saturated carbocycles. The van der Waals surface area contributed by atoms with Gasteiger partial charge < -0.3 is 10.2 Å². The van der Waals surface area contributed by atoms with Gasteiger partial charge in [0.25, 0.3) is 5.16 Å². The van der Waals surface area contributed by atoms with Crippen LogP contribution in [0.2, 0.25) is 0 Å². The summed E-state index contributed by atoms with van der Waals surface area (Å²) in [6, 6.07) is 29.5. The maximum atomic E-state index is 14.8. The first kappa shape index (κ1) is 34.3. The van der Waals surface area contributed by atoms with Crippen LogP contribution in [0.15, 0.2) is 114 Å². The van der Waals surface area contributed by atoms with Gasteiger partial charge >= 0.3 is 11.9 Å². The molecule has 0 radical (unpaired) electrons. The lowest BCUT2D eigenvalue weighted by atomic mass is 9.94. The lowest BCUT2D eigenvalue weighted by molar-refractivity contribution is 0.0684. The van der Waals surface area contributed by atoms with Crippen molar-refractivity contribution in [1.29, 1.82) is 0 Å². The first-order valence-electron chi connectivity index (χ1n) is 16.2. The van der Waals surface area contributed by atoms with E-state index in [0.29, 0.717) is 28.9 Å². The Hall–Kier alpha value is -5.09. The molecule has 0 bridgehead atoms. The molecule has 2 atom stereocenters. The highest BCUT2D eigenvalue weighted by Gasteiger charge is 2.38. The Balaban J connectivity index is 1.71. The van der Waals surface area contributed by atoms with Crippen LogP contribution < -0.4 is 0 Å². The summed E-state index contributed by atoms with van der Waals surface area (Å²) in [5, 5.41) is 23.0. The molecule has 0 spiro atoms. The van der Waals surface area contributed by atoms with E-state index in [1.165, 1.54) is 18.2 Å². The molecular formula is C38H39N3O6S. The number of hydrogen-bond acceptors (Lipinski definition) is 6. The van der Waals surface area contributed by atoms with Gasteiger partial charge in [-0.2, -0.15) is 0 Å². The van der Waals surface area contributed by atoms with Gasteiger partial charge in [-0.3, -0.25) is 0 Å². The summed E-state index contributed by atoms with van der Waals surface area (Å²) in [5.41, 5.74) is 1.54. The molecule has 10 heteroatoms. The quantitative estimate of drug-likeness (QED) is 0.102. The summed E-state index contributed by atoms with van der Waals surface area (Å²) in [4.78, 5) is 29.4. The van der Waals surface area contributed by atoms with Crippen LogP contribution in [0.3, 0.4) is 0 Å². The van der Waals surface area contributed by atoms with Crippen molar-refractivity contribution in [2.75, 3.05) is 0 Å². The minimum atomic E-state index is -4.45. The molecule has 2 unspecified atom stereocenters. The van der Waals surface area contributed by atoms with Crippen molar-refractivity contribution in [1.82, 2.24) is 14.8 Å². The van der Waals surface area contributed by atoms with Gasteiger partial charge in [-0.1, -0.05) is 136 Å². The second-order valence-corrected chi connectivity index (χ2v) is 13.6. The normalized spacial score (nSPS) is 12.8. The molecule has 5 rings (SSSR count). The standard InChI is InChI=1S/C38H39N3O6S/c1-2-3-4-5-6-13-26-33-39-38(40-41(33)34(27-18-9-7-10-19-27)29-22-14-16-24-31(29)36(42)43)48(46,47)35(28-20-11-8-12-21-28)30-23-15-17-25-32(30)37(44)45/h7-12,14-25,34-35H,2-6,13,26H2,1H3,(H,42,43)(H,44,45). The van der Waals surface area contributed by atoms with Crippen LogP contribution in [0, 0.1) is 0 Å². The predicted octanol–water partition coefficient (Wildman–Crippen LogP) is 7.78. The largest absolute Gasteiger partial charge is 0.478 e. The number of nitrogens with zero attached hydrogens (tertiary/aromatic N) is 3. The monoisotopic (exact) mass is 665 g/mol. The van der Waals surface area contributed by atoms with Crippen LogP contribution in [-0.4, -0.2) is 45.3 Å². The Morgan fingerprint density at radius 1 is 0.667 bits per heavy atom. The first-order chi connectivity index (χ1) is 23.2. The predicted molar refractivity (Wildman–Crippen MR) is 183 cm³/mol. The Morgan fingerprint density at radius 3 is 1.77 bits per heavy atom. The molecule has 1 aromatic heterocycles. The average Bonchev–Trinajstić information content (AvgIpc) is 3.52. The SMILES string of the molecule is CCCCCCCCc1nc(S(=O)(=O)C(c2ccccc2)c2ccccc2C(=O)O)nn1C(c1ccccc1)c1ccccc1C(=O)O. The van der Waals surface area contributed by atoms with Crippen LogP contribution >= 0.6 is 0 Å². The topological polar surface area (TPSA) is 139 Å². The third kappa shape index (κ3) is 7.55. The van der Waals surface area contributed by atoms with Crippen molar-refractivity contribution in [2.24, 2.45) is 0 Å². The lowest BCUT2D eigenvalue weighted by Gasteiger charge is -2.22. The Bertz CT molecular complexity index is 1960. The van der Waals surface area contributed by atoms with Crippen molar-refractivity contribution in [3.8, 4) is 0 Å². The summed E-state index contributed by atoms with van der Waals surface area (Å²) >= 11 is 0. The summed E-state index contributed by atoms with van der Waals surface area (Å²) < 4.78 is 31.1. The molecule has 0 fully saturated rings. The van der Waals surface area contributed by atoms with Gasteiger partial charge in [0.2, 0.25) is 9.84 Å². The van der Waals surface area contributed by atoms with E-state index in [-0.39, 0.29) is 16.7 Å². The molecule has 0 aliphatic heterocycles. The van der Waals surface area contributed by atoms with E-state index in [4.69, 9.17) is 0 Å². The highest BCUT2D eigenvalue weighted by molar-refractivity contribution is 7.91. The zero-order valence-electron chi connectivity index (χ0n) is 26.8. The number of carbonyl (C=O) groups is 2. The second-order valence-electron chi connectivity index (χ2n) is 11.7. The van der Waals surface area contributed by atoms with Gasteiger partial charge in [0.15, 0.2) is 0 Å². The van der Waals surface area contributed by atoms with Gasteiger partial charge in [0.1, 0.15) is 17.1 Å². The number of aromatic carboxylic acids is 2. The van der Waals surface area contributed by atoms with E-state index in [1.54, 1.807) is 65.3 Å². The molecule has 0 aliphatic rings. The highest BCUT2D eigenvalue weighted by atomic mass is 32.2. The number of unbranched alkanes of at least 4 members (excludes halogenated alkanes) is 5. The van der Waals surface area contributed by atoms with Gasteiger partial charge in [0, 0.05) is 6.42 Å². The molecule has 248 valence electrons. The summed E-state index contributed by atoms with van der Waals surface area (Å²) in [6.07, 6.45) is 6.44. The van der Waals surface area contributed by atoms with E-state index >= 15 is 0 Å². The van der Waals surface area contributed by atoms with Crippen molar-refractivity contribution in [3.05, 3.63) is 148 Å². The summed E-state index contributed by atoms with van der Waals surface area (Å²) in [6.45, 7) is 2.15. The van der Waals surface area contributed by atoms with Crippen molar-refractivity contribution in [3.63, 3.8) is 0 Å². The van der Waals surface area contributed by atoms with E-state index in [2.05, 4.69) is 17.0 Å². The molecule has 0 saturated heterocycles. The van der Waals surface area contributed by atoms with E-state index in [0.717, 1.165) is 38.5 Å². The zero-order chi connectivity index (χ0) is 34.1. The fourth-order valence-electron chi connectivity index (χ4n) is 6.09. The molecular weight excluding hydrogens is 627 g/mol. The number of aryl methyl sites for hydroxylation is 1. The summed E-state index contributed by atoms with van der Waals surface area (Å²) in [5.74, 6) is -1.97. The maximum absolute atomic E-state index is 14.8. The van der Waals surface area contributed by atoms with E-state index in [1.807, 2.05) is 30.3 Å². The van der Waals surface area contributed by atoms with Crippen molar-refractivity contribution in [2.45, 2.75) is 68.3 Å². The minimum absolute atomic E-state index is 0.0642. The minimum Gasteiger partial charge on any atom is -0.478 e. The zero-order valence-corrected chi connectivity index (χ0v) is 27.6. The average molecular weight is 666 g/mol. The fourth-order valence-corrected chi connectivity index (χ4v) is 7.79. The third-order valence-electron chi connectivity index (χ3n) is 8.42. The van der Waals surface area contributed by atoms with Crippen molar-refractivity contribution < 1.29 is 28.2 Å². The number of hydrogen-bond donors (Lipinski definition) is 2. The Morgan fingerprint density at radius 2 is 1.17 bits per heavy atom.